The number of aromatic nitrogens is 4. The molecule has 0 amide bonds. The van der Waals surface area contributed by atoms with Crippen LogP contribution in [-0.2, 0) is 11.3 Å². The lowest BCUT2D eigenvalue weighted by Crippen LogP contribution is -2.21. The van der Waals surface area contributed by atoms with Gasteiger partial charge in [-0.05, 0) is 18.8 Å². The molecule has 0 atom stereocenters. The summed E-state index contributed by atoms with van der Waals surface area (Å²) < 4.78 is 7.08. The van der Waals surface area contributed by atoms with Crippen molar-refractivity contribution >= 4 is 22.8 Å². The molecular formula is C12H12ClN5O. The third-order valence-electron chi connectivity index (χ3n) is 3.29. The van der Waals surface area contributed by atoms with Crippen LogP contribution in [0, 0.1) is 17.2 Å². The average Bonchev–Trinajstić information content (AvgIpc) is 2.77. The summed E-state index contributed by atoms with van der Waals surface area (Å²) >= 11 is 5.87. The Morgan fingerprint density at radius 3 is 3.00 bits per heavy atom. The molecule has 1 aliphatic rings. The van der Waals surface area contributed by atoms with E-state index in [1.165, 1.54) is 6.20 Å². The molecule has 2 aromatic rings. The SMILES string of the molecule is N#Cc1nn(CC2CCOCC2)c2nc(Cl)cnc12. The highest BCUT2D eigenvalue weighted by molar-refractivity contribution is 6.29. The molecule has 0 spiro atoms. The van der Waals surface area contributed by atoms with Crippen molar-refractivity contribution in [2.45, 2.75) is 19.4 Å². The summed E-state index contributed by atoms with van der Waals surface area (Å²) in [4.78, 5) is 8.37. The molecule has 98 valence electrons. The zero-order chi connectivity index (χ0) is 13.2. The van der Waals surface area contributed by atoms with E-state index in [0.29, 0.717) is 27.9 Å². The maximum absolute atomic E-state index is 9.08. The van der Waals surface area contributed by atoms with Crippen LogP contribution in [-0.4, -0.2) is 33.0 Å². The highest BCUT2D eigenvalue weighted by Crippen LogP contribution is 2.21. The van der Waals surface area contributed by atoms with Crippen molar-refractivity contribution in [1.29, 1.82) is 5.26 Å². The van der Waals surface area contributed by atoms with E-state index in [0.717, 1.165) is 32.6 Å². The van der Waals surface area contributed by atoms with Crippen molar-refractivity contribution in [3.8, 4) is 6.07 Å². The fraction of sp³-hybridized carbons (Fsp3) is 0.500. The van der Waals surface area contributed by atoms with E-state index in [9.17, 15) is 0 Å². The first kappa shape index (κ1) is 12.3. The van der Waals surface area contributed by atoms with Crippen LogP contribution < -0.4 is 0 Å². The van der Waals surface area contributed by atoms with Crippen molar-refractivity contribution in [2.75, 3.05) is 13.2 Å². The minimum atomic E-state index is 0.297. The van der Waals surface area contributed by atoms with E-state index in [1.54, 1.807) is 4.68 Å². The molecule has 0 unspecified atom stereocenters. The van der Waals surface area contributed by atoms with Gasteiger partial charge in [-0.1, -0.05) is 11.6 Å². The van der Waals surface area contributed by atoms with Gasteiger partial charge in [0.15, 0.2) is 11.3 Å². The molecule has 1 aliphatic heterocycles. The van der Waals surface area contributed by atoms with Crippen LogP contribution in [0.25, 0.3) is 11.2 Å². The van der Waals surface area contributed by atoms with Crippen LogP contribution in [0.1, 0.15) is 18.5 Å². The zero-order valence-corrected chi connectivity index (χ0v) is 11.0. The molecule has 0 aliphatic carbocycles. The van der Waals surface area contributed by atoms with Gasteiger partial charge in [-0.3, -0.25) is 0 Å². The van der Waals surface area contributed by atoms with Crippen molar-refractivity contribution < 1.29 is 4.74 Å². The van der Waals surface area contributed by atoms with Gasteiger partial charge >= 0.3 is 0 Å². The second-order valence-corrected chi connectivity index (χ2v) is 4.95. The third kappa shape index (κ3) is 2.39. The Bertz CT molecular complexity index is 641. The Kier molecular flexibility index (Phi) is 3.32. The Labute approximate surface area is 115 Å². The number of ether oxygens (including phenoxy) is 1. The molecule has 0 radical (unpaired) electrons. The molecule has 7 heteroatoms. The standard InChI is InChI=1S/C12H12ClN5O/c13-10-6-15-11-9(5-14)17-18(12(11)16-10)7-8-1-3-19-4-2-8/h6,8H,1-4,7H2. The highest BCUT2D eigenvalue weighted by Gasteiger charge is 2.19. The van der Waals surface area contributed by atoms with Gasteiger partial charge in [0.1, 0.15) is 16.7 Å². The summed E-state index contributed by atoms with van der Waals surface area (Å²) in [6.45, 7) is 2.28. The number of nitrogens with zero attached hydrogens (tertiary/aromatic N) is 5. The topological polar surface area (TPSA) is 76.6 Å². The maximum atomic E-state index is 9.08. The molecule has 3 heterocycles. The van der Waals surface area contributed by atoms with E-state index in [-0.39, 0.29) is 0 Å². The zero-order valence-electron chi connectivity index (χ0n) is 10.2. The maximum Gasteiger partial charge on any atom is 0.190 e. The summed E-state index contributed by atoms with van der Waals surface area (Å²) in [5.74, 6) is 0.490. The first-order chi connectivity index (χ1) is 9.28. The Morgan fingerprint density at radius 2 is 2.26 bits per heavy atom. The van der Waals surface area contributed by atoms with Crippen LogP contribution in [0.15, 0.2) is 6.20 Å². The van der Waals surface area contributed by atoms with Crippen LogP contribution in [0.5, 0.6) is 0 Å². The van der Waals surface area contributed by atoms with Gasteiger partial charge in [0, 0.05) is 19.8 Å². The predicted octanol–water partition coefficient (Wildman–Crippen LogP) is 1.78. The van der Waals surface area contributed by atoms with E-state index in [4.69, 9.17) is 21.6 Å². The Hall–Kier alpha value is -1.71. The highest BCUT2D eigenvalue weighted by atomic mass is 35.5. The van der Waals surface area contributed by atoms with Gasteiger partial charge in [-0.15, -0.1) is 0 Å². The predicted molar refractivity (Wildman–Crippen MR) is 68.6 cm³/mol. The molecule has 0 bridgehead atoms. The number of hydrogen-bond donors (Lipinski definition) is 0. The Balaban J connectivity index is 1.98. The summed E-state index contributed by atoms with van der Waals surface area (Å²) in [5, 5.41) is 13.7. The first-order valence-corrected chi connectivity index (χ1v) is 6.52. The van der Waals surface area contributed by atoms with Crippen LogP contribution >= 0.6 is 11.6 Å². The van der Waals surface area contributed by atoms with Crippen molar-refractivity contribution in [3.63, 3.8) is 0 Å². The van der Waals surface area contributed by atoms with Gasteiger partial charge in [0.25, 0.3) is 0 Å². The number of hydrogen-bond acceptors (Lipinski definition) is 5. The monoisotopic (exact) mass is 277 g/mol. The van der Waals surface area contributed by atoms with Crippen molar-refractivity contribution in [3.05, 3.63) is 17.0 Å². The number of halogens is 1. The van der Waals surface area contributed by atoms with Crippen LogP contribution in [0.3, 0.4) is 0 Å². The minimum absolute atomic E-state index is 0.297. The first-order valence-electron chi connectivity index (χ1n) is 6.15. The Morgan fingerprint density at radius 1 is 1.47 bits per heavy atom. The average molecular weight is 278 g/mol. The second-order valence-electron chi connectivity index (χ2n) is 4.56. The molecule has 6 nitrogen and oxygen atoms in total. The molecular weight excluding hydrogens is 266 g/mol. The molecule has 0 N–H and O–H groups in total. The van der Waals surface area contributed by atoms with Gasteiger partial charge in [-0.2, -0.15) is 10.4 Å². The van der Waals surface area contributed by atoms with E-state index in [2.05, 4.69) is 15.1 Å². The molecule has 3 rings (SSSR count). The minimum Gasteiger partial charge on any atom is -0.381 e. The van der Waals surface area contributed by atoms with Crippen molar-refractivity contribution in [2.24, 2.45) is 5.92 Å². The second kappa shape index (κ2) is 5.11. The number of nitriles is 1. The molecule has 1 saturated heterocycles. The number of fused-ring (bicyclic) bond motifs is 1. The van der Waals surface area contributed by atoms with Gasteiger partial charge in [0.05, 0.1) is 6.20 Å². The molecule has 19 heavy (non-hydrogen) atoms. The summed E-state index contributed by atoms with van der Waals surface area (Å²) in [5.41, 5.74) is 1.39. The normalized spacial score (nSPS) is 16.6. The largest absolute Gasteiger partial charge is 0.381 e. The van der Waals surface area contributed by atoms with Gasteiger partial charge in [0.2, 0.25) is 0 Å². The fourth-order valence-corrected chi connectivity index (χ4v) is 2.43. The van der Waals surface area contributed by atoms with Crippen molar-refractivity contribution in [1.82, 2.24) is 19.7 Å². The molecule has 2 aromatic heterocycles. The number of rotatable bonds is 2. The summed E-state index contributed by atoms with van der Waals surface area (Å²) in [6.07, 6.45) is 3.43. The summed E-state index contributed by atoms with van der Waals surface area (Å²) in [7, 11) is 0. The van der Waals surface area contributed by atoms with E-state index in [1.807, 2.05) is 6.07 Å². The van der Waals surface area contributed by atoms with E-state index < -0.39 is 0 Å². The lowest BCUT2D eigenvalue weighted by molar-refractivity contribution is 0.0605. The third-order valence-corrected chi connectivity index (χ3v) is 3.47. The molecule has 1 fully saturated rings. The lowest BCUT2D eigenvalue weighted by Gasteiger charge is -2.21. The smallest absolute Gasteiger partial charge is 0.190 e. The quantitative estimate of drug-likeness (QED) is 0.836. The van der Waals surface area contributed by atoms with E-state index >= 15 is 0 Å². The van der Waals surface area contributed by atoms with Gasteiger partial charge in [-0.25, -0.2) is 14.6 Å². The van der Waals surface area contributed by atoms with Gasteiger partial charge < -0.3 is 4.74 Å². The summed E-state index contributed by atoms with van der Waals surface area (Å²) in [6, 6.07) is 2.04. The molecule has 0 saturated carbocycles. The lowest BCUT2D eigenvalue weighted by atomic mass is 10.0. The van der Waals surface area contributed by atoms with Crippen LogP contribution in [0.2, 0.25) is 5.15 Å². The molecule has 0 aromatic carbocycles. The van der Waals surface area contributed by atoms with Crippen LogP contribution in [0.4, 0.5) is 0 Å². The fourth-order valence-electron chi connectivity index (χ4n) is 2.30.